The van der Waals surface area contributed by atoms with Crippen molar-refractivity contribution in [1.82, 2.24) is 9.78 Å². The Bertz CT molecular complexity index is 456. The summed E-state index contributed by atoms with van der Waals surface area (Å²) < 4.78 is 1.36. The Labute approximate surface area is 112 Å². The van der Waals surface area contributed by atoms with E-state index in [-0.39, 0.29) is 22.7 Å². The van der Waals surface area contributed by atoms with E-state index in [9.17, 15) is 4.79 Å². The molecule has 1 atom stereocenters. The van der Waals surface area contributed by atoms with E-state index >= 15 is 0 Å². The van der Waals surface area contributed by atoms with Crippen molar-refractivity contribution in [2.24, 2.45) is 11.7 Å². The molecule has 102 valence electrons. The van der Waals surface area contributed by atoms with Gasteiger partial charge in [0, 0.05) is 12.6 Å². The summed E-state index contributed by atoms with van der Waals surface area (Å²) in [5.41, 5.74) is 6.18. The molecule has 1 unspecified atom stereocenters. The van der Waals surface area contributed by atoms with Gasteiger partial charge in [-0.3, -0.25) is 4.79 Å². The third-order valence-electron chi connectivity index (χ3n) is 2.82. The van der Waals surface area contributed by atoms with Gasteiger partial charge in [-0.15, -0.1) is 0 Å². The van der Waals surface area contributed by atoms with E-state index in [0.29, 0.717) is 18.2 Å². The molecule has 0 aliphatic heterocycles. The fraction of sp³-hybridized carbons (Fsp3) is 0.667. The Morgan fingerprint density at radius 2 is 2.06 bits per heavy atom. The Balaban J connectivity index is 2.86. The Kier molecular flexibility index (Phi) is 5.16. The third kappa shape index (κ3) is 3.46. The van der Waals surface area contributed by atoms with Crippen LogP contribution in [0.1, 0.15) is 33.7 Å². The number of rotatable bonds is 5. The van der Waals surface area contributed by atoms with Crippen LogP contribution in [0.5, 0.6) is 0 Å². The highest BCUT2D eigenvalue weighted by Gasteiger charge is 2.13. The summed E-state index contributed by atoms with van der Waals surface area (Å²) in [6.07, 6.45) is 1.57. The Morgan fingerprint density at radius 1 is 1.44 bits per heavy atom. The lowest BCUT2D eigenvalue weighted by Gasteiger charge is -2.18. The van der Waals surface area contributed by atoms with Crippen molar-refractivity contribution in [2.45, 2.75) is 39.8 Å². The maximum atomic E-state index is 11.9. The molecule has 5 nitrogen and oxygen atoms in total. The van der Waals surface area contributed by atoms with Gasteiger partial charge in [0.2, 0.25) is 0 Å². The van der Waals surface area contributed by atoms with E-state index in [0.717, 1.165) is 0 Å². The van der Waals surface area contributed by atoms with Gasteiger partial charge in [0.15, 0.2) is 0 Å². The van der Waals surface area contributed by atoms with Crippen molar-refractivity contribution >= 4 is 17.3 Å². The average Bonchev–Trinajstić information content (AvgIpc) is 2.30. The lowest BCUT2D eigenvalue weighted by Crippen LogP contribution is -2.34. The molecule has 0 aliphatic rings. The molecule has 0 aromatic carbocycles. The minimum atomic E-state index is -0.283. The lowest BCUT2D eigenvalue weighted by molar-refractivity contribution is 0.500. The van der Waals surface area contributed by atoms with Gasteiger partial charge in [0.05, 0.1) is 17.9 Å². The highest BCUT2D eigenvalue weighted by Crippen LogP contribution is 2.16. The van der Waals surface area contributed by atoms with Gasteiger partial charge in [-0.1, -0.05) is 25.4 Å². The number of nitrogens with two attached hydrogens (primary N) is 1. The van der Waals surface area contributed by atoms with E-state index in [4.69, 9.17) is 17.3 Å². The van der Waals surface area contributed by atoms with Crippen LogP contribution in [0.15, 0.2) is 11.0 Å². The summed E-state index contributed by atoms with van der Waals surface area (Å²) in [5, 5.41) is 7.31. The number of anilines is 1. The van der Waals surface area contributed by atoms with E-state index in [1.54, 1.807) is 6.20 Å². The summed E-state index contributed by atoms with van der Waals surface area (Å²) in [7, 11) is 0. The molecule has 0 radical (unpaired) electrons. The van der Waals surface area contributed by atoms with Crippen LogP contribution >= 0.6 is 11.6 Å². The standard InChI is InChI=1S/C12H21ClN4O/c1-7(2)9(14)5-15-10-6-16-17(8(3)4)12(18)11(10)13/h6-9,15H,5,14H2,1-4H3. The molecule has 0 amide bonds. The second-order valence-corrected chi connectivity index (χ2v) is 5.38. The number of aromatic nitrogens is 2. The van der Waals surface area contributed by atoms with Gasteiger partial charge in [-0.05, 0) is 19.8 Å². The lowest BCUT2D eigenvalue weighted by atomic mass is 10.1. The van der Waals surface area contributed by atoms with Crippen molar-refractivity contribution in [2.75, 3.05) is 11.9 Å². The minimum Gasteiger partial charge on any atom is -0.381 e. The average molecular weight is 273 g/mol. The summed E-state index contributed by atoms with van der Waals surface area (Å²) in [6.45, 7) is 8.41. The predicted molar refractivity (Wildman–Crippen MR) is 75.2 cm³/mol. The van der Waals surface area contributed by atoms with Gasteiger partial charge >= 0.3 is 0 Å². The van der Waals surface area contributed by atoms with Crippen molar-refractivity contribution in [3.8, 4) is 0 Å². The van der Waals surface area contributed by atoms with Crippen LogP contribution in [0, 0.1) is 5.92 Å². The Morgan fingerprint density at radius 3 is 2.56 bits per heavy atom. The van der Waals surface area contributed by atoms with Gasteiger partial charge in [0.25, 0.3) is 5.56 Å². The maximum Gasteiger partial charge on any atom is 0.287 e. The SMILES string of the molecule is CC(C)C(N)CNc1cnn(C(C)C)c(=O)c1Cl. The Hall–Kier alpha value is -1.07. The van der Waals surface area contributed by atoms with Crippen LogP contribution in [0.25, 0.3) is 0 Å². The van der Waals surface area contributed by atoms with Gasteiger partial charge < -0.3 is 11.1 Å². The van der Waals surface area contributed by atoms with Gasteiger partial charge in [0.1, 0.15) is 5.02 Å². The first-order valence-electron chi connectivity index (χ1n) is 6.11. The summed E-state index contributed by atoms with van der Waals surface area (Å²) in [5.74, 6) is 0.361. The fourth-order valence-corrected chi connectivity index (χ4v) is 1.60. The molecule has 0 bridgehead atoms. The number of nitrogens with one attached hydrogen (secondary N) is 1. The van der Waals surface area contributed by atoms with Crippen molar-refractivity contribution in [1.29, 1.82) is 0 Å². The van der Waals surface area contributed by atoms with Crippen molar-refractivity contribution < 1.29 is 0 Å². The fourth-order valence-electron chi connectivity index (χ4n) is 1.40. The molecule has 0 saturated carbocycles. The molecule has 0 fully saturated rings. The zero-order chi connectivity index (χ0) is 13.9. The van der Waals surface area contributed by atoms with Crippen LogP contribution in [0.3, 0.4) is 0 Å². The third-order valence-corrected chi connectivity index (χ3v) is 3.18. The molecule has 1 aromatic heterocycles. The highest BCUT2D eigenvalue weighted by molar-refractivity contribution is 6.32. The van der Waals surface area contributed by atoms with Crippen LogP contribution in [0.4, 0.5) is 5.69 Å². The molecule has 6 heteroatoms. The molecule has 1 heterocycles. The van der Waals surface area contributed by atoms with Gasteiger partial charge in [-0.25, -0.2) is 4.68 Å². The monoisotopic (exact) mass is 272 g/mol. The number of halogens is 1. The summed E-state index contributed by atoms with van der Waals surface area (Å²) in [4.78, 5) is 11.9. The molecular weight excluding hydrogens is 252 g/mol. The smallest absolute Gasteiger partial charge is 0.287 e. The number of nitrogens with zero attached hydrogens (tertiary/aromatic N) is 2. The minimum absolute atomic E-state index is 0.00796. The van der Waals surface area contributed by atoms with Crippen LogP contribution in [0.2, 0.25) is 5.02 Å². The molecule has 0 aliphatic carbocycles. The predicted octanol–water partition coefficient (Wildman–Crippen LogP) is 1.87. The van der Waals surface area contributed by atoms with E-state index in [1.165, 1.54) is 4.68 Å². The molecule has 0 spiro atoms. The molecule has 1 aromatic rings. The van der Waals surface area contributed by atoms with Crippen LogP contribution in [-0.2, 0) is 0 Å². The van der Waals surface area contributed by atoms with E-state index in [1.807, 2.05) is 27.7 Å². The molecule has 0 saturated heterocycles. The number of hydrogen-bond donors (Lipinski definition) is 2. The second-order valence-electron chi connectivity index (χ2n) is 5.00. The largest absolute Gasteiger partial charge is 0.381 e. The first-order chi connectivity index (χ1) is 8.34. The quantitative estimate of drug-likeness (QED) is 0.858. The van der Waals surface area contributed by atoms with Gasteiger partial charge in [-0.2, -0.15) is 5.10 Å². The molecule has 3 N–H and O–H groups in total. The second kappa shape index (κ2) is 6.20. The normalized spacial score (nSPS) is 13.1. The molecule has 18 heavy (non-hydrogen) atoms. The maximum absolute atomic E-state index is 11.9. The highest BCUT2D eigenvalue weighted by atomic mass is 35.5. The zero-order valence-electron chi connectivity index (χ0n) is 11.3. The van der Waals surface area contributed by atoms with Crippen molar-refractivity contribution in [3.63, 3.8) is 0 Å². The first-order valence-corrected chi connectivity index (χ1v) is 6.49. The van der Waals surface area contributed by atoms with E-state index in [2.05, 4.69) is 10.4 Å². The molecular formula is C12H21ClN4O. The molecule has 1 rings (SSSR count). The van der Waals surface area contributed by atoms with Crippen LogP contribution in [-0.4, -0.2) is 22.4 Å². The zero-order valence-corrected chi connectivity index (χ0v) is 12.0. The van der Waals surface area contributed by atoms with Crippen molar-refractivity contribution in [3.05, 3.63) is 21.6 Å². The number of hydrogen-bond acceptors (Lipinski definition) is 4. The topological polar surface area (TPSA) is 72.9 Å². The first kappa shape index (κ1) is 15.0. The van der Waals surface area contributed by atoms with Crippen LogP contribution < -0.4 is 16.6 Å². The summed E-state index contributed by atoms with van der Waals surface area (Å²) >= 11 is 6.03. The van der Waals surface area contributed by atoms with E-state index < -0.39 is 0 Å². The summed E-state index contributed by atoms with van der Waals surface area (Å²) in [6, 6.07) is -0.00410.